The molecule has 4 aromatic rings. The third-order valence-electron chi connectivity index (χ3n) is 4.84. The van der Waals surface area contributed by atoms with Gasteiger partial charge in [0.25, 0.3) is 11.8 Å². The van der Waals surface area contributed by atoms with Crippen LogP contribution in [0.3, 0.4) is 0 Å². The summed E-state index contributed by atoms with van der Waals surface area (Å²) in [6.45, 7) is 4.70. The third kappa shape index (κ3) is 5.00. The van der Waals surface area contributed by atoms with Gasteiger partial charge in [0, 0.05) is 30.9 Å². The van der Waals surface area contributed by atoms with Gasteiger partial charge in [-0.25, -0.2) is 9.97 Å². The molecule has 0 bridgehead atoms. The predicted molar refractivity (Wildman–Crippen MR) is 119 cm³/mol. The molecule has 10 nitrogen and oxygen atoms in total. The number of amides is 1. The minimum Gasteiger partial charge on any atom is -0.493 e. The normalized spacial score (nSPS) is 10.8. The summed E-state index contributed by atoms with van der Waals surface area (Å²) in [7, 11) is 1.59. The maximum atomic E-state index is 12.6. The Bertz CT molecular complexity index is 1250. The number of hydrogen-bond acceptors (Lipinski definition) is 8. The average molecular weight is 448 g/mol. The molecular formula is C23H24N6O4. The van der Waals surface area contributed by atoms with E-state index in [1.807, 2.05) is 32.0 Å². The molecule has 0 radical (unpaired) electrons. The van der Waals surface area contributed by atoms with E-state index in [0.717, 1.165) is 11.1 Å². The largest absolute Gasteiger partial charge is 0.493 e. The fraction of sp³-hybridized carbons (Fsp3) is 0.261. The monoisotopic (exact) mass is 448 g/mol. The fourth-order valence-electron chi connectivity index (χ4n) is 3.15. The number of rotatable bonds is 9. The van der Waals surface area contributed by atoms with Crippen LogP contribution in [0.2, 0.25) is 0 Å². The summed E-state index contributed by atoms with van der Waals surface area (Å²) in [6, 6.07) is 9.11. The van der Waals surface area contributed by atoms with Crippen LogP contribution in [0, 0.1) is 0 Å². The molecule has 4 rings (SSSR count). The Labute approximate surface area is 190 Å². The first kappa shape index (κ1) is 22.0. The Kier molecular flexibility index (Phi) is 6.63. The molecule has 0 spiro atoms. The first-order valence-corrected chi connectivity index (χ1v) is 10.5. The van der Waals surface area contributed by atoms with Crippen molar-refractivity contribution in [2.45, 2.75) is 26.8 Å². The van der Waals surface area contributed by atoms with Crippen molar-refractivity contribution in [3.63, 3.8) is 0 Å². The summed E-state index contributed by atoms with van der Waals surface area (Å²) in [5.74, 6) is 2.60. The molecule has 0 aliphatic carbocycles. The number of pyridine rings is 1. The molecule has 3 aromatic heterocycles. The Morgan fingerprint density at radius 3 is 2.79 bits per heavy atom. The van der Waals surface area contributed by atoms with Crippen LogP contribution in [-0.2, 0) is 13.0 Å². The highest BCUT2D eigenvalue weighted by Crippen LogP contribution is 2.28. The van der Waals surface area contributed by atoms with Crippen LogP contribution in [-0.4, -0.2) is 44.3 Å². The van der Waals surface area contributed by atoms with Crippen LogP contribution in [0.25, 0.3) is 17.3 Å². The Morgan fingerprint density at radius 2 is 2.03 bits per heavy atom. The van der Waals surface area contributed by atoms with E-state index < -0.39 is 0 Å². The van der Waals surface area contributed by atoms with Crippen molar-refractivity contribution in [2.24, 2.45) is 0 Å². The van der Waals surface area contributed by atoms with Gasteiger partial charge in [-0.05, 0) is 36.8 Å². The first-order valence-electron chi connectivity index (χ1n) is 10.5. The predicted octanol–water partition coefficient (Wildman–Crippen LogP) is 3.22. The zero-order chi connectivity index (χ0) is 23.2. The molecule has 0 fully saturated rings. The van der Waals surface area contributed by atoms with Gasteiger partial charge in [-0.2, -0.15) is 4.98 Å². The highest BCUT2D eigenvalue weighted by atomic mass is 16.5. The van der Waals surface area contributed by atoms with Crippen molar-refractivity contribution in [1.82, 2.24) is 30.0 Å². The van der Waals surface area contributed by atoms with Crippen LogP contribution in [0.15, 0.2) is 53.6 Å². The molecule has 1 aromatic carbocycles. The SMILES string of the molecule is CCOc1cc(CNC(=O)c2cn(-c3cc(-c4nc(CC)no4)ccn3)cn2)ccc1OC. The van der Waals surface area contributed by atoms with Crippen molar-refractivity contribution < 1.29 is 18.8 Å². The lowest BCUT2D eigenvalue weighted by Gasteiger charge is -2.11. The van der Waals surface area contributed by atoms with Crippen molar-refractivity contribution in [3.8, 4) is 28.8 Å². The lowest BCUT2D eigenvalue weighted by molar-refractivity contribution is 0.0946. The maximum absolute atomic E-state index is 12.6. The van der Waals surface area contributed by atoms with Crippen LogP contribution in [0.1, 0.15) is 35.7 Å². The van der Waals surface area contributed by atoms with E-state index in [1.54, 1.807) is 36.2 Å². The summed E-state index contributed by atoms with van der Waals surface area (Å²) in [6.07, 6.45) is 5.48. The summed E-state index contributed by atoms with van der Waals surface area (Å²) >= 11 is 0. The van der Waals surface area contributed by atoms with E-state index in [2.05, 4.69) is 25.4 Å². The summed E-state index contributed by atoms with van der Waals surface area (Å²) < 4.78 is 17.8. The molecule has 0 aliphatic rings. The molecule has 0 saturated heterocycles. The van der Waals surface area contributed by atoms with E-state index in [9.17, 15) is 4.79 Å². The van der Waals surface area contributed by atoms with Gasteiger partial charge in [0.2, 0.25) is 0 Å². The van der Waals surface area contributed by atoms with Crippen molar-refractivity contribution >= 4 is 5.91 Å². The first-order chi connectivity index (χ1) is 16.1. The molecule has 3 heterocycles. The number of carbonyl (C=O) groups is 1. The fourth-order valence-corrected chi connectivity index (χ4v) is 3.15. The number of aromatic nitrogens is 5. The highest BCUT2D eigenvalue weighted by Gasteiger charge is 2.13. The van der Waals surface area contributed by atoms with Gasteiger partial charge in [0.05, 0.1) is 13.7 Å². The van der Waals surface area contributed by atoms with Gasteiger partial charge in [-0.3, -0.25) is 9.36 Å². The van der Waals surface area contributed by atoms with E-state index in [1.165, 1.54) is 6.33 Å². The molecule has 10 heteroatoms. The van der Waals surface area contributed by atoms with Gasteiger partial charge >= 0.3 is 0 Å². The smallest absolute Gasteiger partial charge is 0.271 e. The Hall–Kier alpha value is -4.21. The Morgan fingerprint density at radius 1 is 1.15 bits per heavy atom. The number of nitrogens with one attached hydrogen (secondary N) is 1. The molecular weight excluding hydrogens is 424 g/mol. The molecule has 1 amide bonds. The van der Waals surface area contributed by atoms with Gasteiger partial charge in [0.15, 0.2) is 17.3 Å². The number of ether oxygens (including phenoxy) is 2. The second-order valence-corrected chi connectivity index (χ2v) is 7.04. The molecule has 0 atom stereocenters. The maximum Gasteiger partial charge on any atom is 0.271 e. The number of nitrogens with zero attached hydrogens (tertiary/aromatic N) is 5. The number of imidazole rings is 1. The number of benzene rings is 1. The lowest BCUT2D eigenvalue weighted by atomic mass is 10.2. The number of aryl methyl sites for hydroxylation is 1. The average Bonchev–Trinajstić information content (AvgIpc) is 3.53. The van der Waals surface area contributed by atoms with Gasteiger partial charge in [-0.1, -0.05) is 18.1 Å². The number of hydrogen-bond donors (Lipinski definition) is 1. The molecule has 0 saturated carbocycles. The summed E-state index contributed by atoms with van der Waals surface area (Å²) in [5, 5.41) is 6.79. The van der Waals surface area contributed by atoms with Crippen LogP contribution < -0.4 is 14.8 Å². The minimum absolute atomic E-state index is 0.270. The quantitative estimate of drug-likeness (QED) is 0.415. The highest BCUT2D eigenvalue weighted by molar-refractivity contribution is 5.92. The van der Waals surface area contributed by atoms with E-state index in [0.29, 0.717) is 48.6 Å². The van der Waals surface area contributed by atoms with Crippen molar-refractivity contribution in [2.75, 3.05) is 13.7 Å². The standard InChI is InChI=1S/C23H24N6O4/c1-4-20-27-23(33-28-20)16-8-9-24-21(11-16)29-13-17(26-14-29)22(30)25-12-15-6-7-18(31-3)19(10-15)32-5-2/h6-11,13-14H,4-5,12H2,1-3H3,(H,25,30). The number of carbonyl (C=O) groups excluding carboxylic acids is 1. The summed E-state index contributed by atoms with van der Waals surface area (Å²) in [4.78, 5) is 25.5. The van der Waals surface area contributed by atoms with Crippen LogP contribution in [0.4, 0.5) is 0 Å². The van der Waals surface area contributed by atoms with Gasteiger partial charge in [-0.15, -0.1) is 0 Å². The topological polar surface area (TPSA) is 117 Å². The second-order valence-electron chi connectivity index (χ2n) is 7.04. The van der Waals surface area contributed by atoms with Crippen molar-refractivity contribution in [3.05, 3.63) is 66.1 Å². The molecule has 1 N–H and O–H groups in total. The lowest BCUT2D eigenvalue weighted by Crippen LogP contribution is -2.23. The molecule has 0 unspecified atom stereocenters. The molecule has 170 valence electrons. The molecule has 0 aliphatic heterocycles. The van der Waals surface area contributed by atoms with Crippen LogP contribution >= 0.6 is 0 Å². The van der Waals surface area contributed by atoms with Crippen LogP contribution in [0.5, 0.6) is 11.5 Å². The molecule has 33 heavy (non-hydrogen) atoms. The summed E-state index contributed by atoms with van der Waals surface area (Å²) in [5.41, 5.74) is 1.88. The number of methoxy groups -OCH3 is 1. The van der Waals surface area contributed by atoms with E-state index >= 15 is 0 Å². The van der Waals surface area contributed by atoms with Gasteiger partial charge in [0.1, 0.15) is 17.8 Å². The van der Waals surface area contributed by atoms with Crippen molar-refractivity contribution in [1.29, 1.82) is 0 Å². The zero-order valence-electron chi connectivity index (χ0n) is 18.6. The van der Waals surface area contributed by atoms with E-state index in [4.69, 9.17) is 14.0 Å². The Balaban J connectivity index is 1.45. The second kappa shape index (κ2) is 9.94. The zero-order valence-corrected chi connectivity index (χ0v) is 18.6. The van der Waals surface area contributed by atoms with Gasteiger partial charge < -0.3 is 19.3 Å². The van der Waals surface area contributed by atoms with E-state index in [-0.39, 0.29) is 11.6 Å². The third-order valence-corrected chi connectivity index (χ3v) is 4.84. The minimum atomic E-state index is -0.303.